The normalized spacial score (nSPS) is 39.7. The van der Waals surface area contributed by atoms with Crippen LogP contribution < -0.4 is 11.5 Å². The van der Waals surface area contributed by atoms with E-state index in [4.69, 9.17) is 11.5 Å². The maximum absolute atomic E-state index is 11.7. The van der Waals surface area contributed by atoms with Crippen molar-refractivity contribution >= 4 is 11.8 Å². The van der Waals surface area contributed by atoms with Gasteiger partial charge in [-0.1, -0.05) is 12.8 Å². The van der Waals surface area contributed by atoms with Gasteiger partial charge >= 0.3 is 0 Å². The molecule has 2 aliphatic carbocycles. The molecule has 0 aromatic rings. The molecule has 0 aliphatic heterocycles. The third-order valence-electron chi connectivity index (χ3n) is 4.34. The Morgan fingerprint density at radius 2 is 1.73 bits per heavy atom. The fourth-order valence-electron chi connectivity index (χ4n) is 3.68. The molecule has 0 radical (unpaired) electrons. The lowest BCUT2D eigenvalue weighted by Crippen LogP contribution is -2.52. The van der Waals surface area contributed by atoms with Gasteiger partial charge in [-0.3, -0.25) is 9.59 Å². The third-order valence-corrected chi connectivity index (χ3v) is 4.34. The van der Waals surface area contributed by atoms with Crippen LogP contribution in [0.15, 0.2) is 0 Å². The first-order valence-electron chi connectivity index (χ1n) is 5.68. The van der Waals surface area contributed by atoms with Gasteiger partial charge in [0.05, 0.1) is 11.3 Å². The summed E-state index contributed by atoms with van der Waals surface area (Å²) in [4.78, 5) is 23.1. The summed E-state index contributed by atoms with van der Waals surface area (Å²) in [5, 5.41) is 0. The maximum Gasteiger partial charge on any atom is 0.224 e. The smallest absolute Gasteiger partial charge is 0.224 e. The van der Waals surface area contributed by atoms with Gasteiger partial charge in [0.15, 0.2) is 0 Å². The van der Waals surface area contributed by atoms with E-state index in [1.165, 1.54) is 0 Å². The van der Waals surface area contributed by atoms with Gasteiger partial charge in [0.25, 0.3) is 0 Å². The van der Waals surface area contributed by atoms with Gasteiger partial charge in [0.2, 0.25) is 11.8 Å². The van der Waals surface area contributed by atoms with Gasteiger partial charge in [-0.05, 0) is 31.6 Å². The summed E-state index contributed by atoms with van der Waals surface area (Å²) >= 11 is 0. The Hall–Kier alpha value is -1.06. The number of primary amides is 2. The number of rotatable bonds is 2. The topological polar surface area (TPSA) is 86.2 Å². The van der Waals surface area contributed by atoms with E-state index in [9.17, 15) is 9.59 Å². The second-order valence-electron chi connectivity index (χ2n) is 4.88. The van der Waals surface area contributed by atoms with Crippen molar-refractivity contribution in [1.29, 1.82) is 0 Å². The maximum atomic E-state index is 11.7. The molecule has 0 aromatic heterocycles. The van der Waals surface area contributed by atoms with E-state index in [2.05, 4.69) is 0 Å². The van der Waals surface area contributed by atoms with E-state index in [1.807, 2.05) is 0 Å². The lowest BCUT2D eigenvalue weighted by Gasteiger charge is -2.42. The van der Waals surface area contributed by atoms with Crippen LogP contribution in [0.25, 0.3) is 0 Å². The number of fused-ring (bicyclic) bond motifs is 1. The molecule has 2 rings (SSSR count). The average molecular weight is 210 g/mol. The van der Waals surface area contributed by atoms with Gasteiger partial charge in [0.1, 0.15) is 0 Å². The molecule has 4 nitrogen and oxygen atoms in total. The van der Waals surface area contributed by atoms with Crippen molar-refractivity contribution in [2.75, 3.05) is 0 Å². The molecule has 2 amide bonds. The zero-order valence-electron chi connectivity index (χ0n) is 8.87. The SMILES string of the molecule is NC(=O)C1CCCC2CCCC21C(N)=O. The Kier molecular flexibility index (Phi) is 2.44. The predicted octanol–water partition coefficient (Wildman–Crippen LogP) is 0.544. The predicted molar refractivity (Wildman–Crippen MR) is 55.5 cm³/mol. The molecular formula is C11H18N2O2. The standard InChI is InChI=1S/C11H18N2O2/c12-9(14)8-5-1-3-7-4-2-6-11(7,8)10(13)15/h7-8H,1-6H2,(H2,12,14)(H2,13,15). The van der Waals surface area contributed by atoms with Gasteiger partial charge in [-0.25, -0.2) is 0 Å². The zero-order valence-corrected chi connectivity index (χ0v) is 8.87. The van der Waals surface area contributed by atoms with E-state index in [1.54, 1.807) is 0 Å². The minimum absolute atomic E-state index is 0.293. The molecule has 2 aliphatic rings. The Morgan fingerprint density at radius 3 is 2.33 bits per heavy atom. The number of hydrogen-bond donors (Lipinski definition) is 2. The summed E-state index contributed by atoms with van der Waals surface area (Å²) in [7, 11) is 0. The molecular weight excluding hydrogens is 192 g/mol. The van der Waals surface area contributed by atoms with Crippen LogP contribution in [0, 0.1) is 17.3 Å². The highest BCUT2D eigenvalue weighted by Gasteiger charge is 2.56. The summed E-state index contributed by atoms with van der Waals surface area (Å²) in [5.41, 5.74) is 10.3. The summed E-state index contributed by atoms with van der Waals surface area (Å²) in [6.45, 7) is 0. The molecule has 0 spiro atoms. The number of hydrogen-bond acceptors (Lipinski definition) is 2. The van der Waals surface area contributed by atoms with Crippen LogP contribution in [0.2, 0.25) is 0 Å². The molecule has 3 unspecified atom stereocenters. The monoisotopic (exact) mass is 210 g/mol. The van der Waals surface area contributed by atoms with Crippen molar-refractivity contribution in [2.45, 2.75) is 38.5 Å². The fraction of sp³-hybridized carbons (Fsp3) is 0.818. The molecule has 0 bridgehead atoms. The summed E-state index contributed by atoms with van der Waals surface area (Å²) in [5.74, 6) is -0.689. The first-order valence-corrected chi connectivity index (χ1v) is 5.68. The van der Waals surface area contributed by atoms with Crippen LogP contribution >= 0.6 is 0 Å². The van der Waals surface area contributed by atoms with Crippen molar-refractivity contribution < 1.29 is 9.59 Å². The minimum Gasteiger partial charge on any atom is -0.369 e. The van der Waals surface area contributed by atoms with Crippen LogP contribution in [0.1, 0.15) is 38.5 Å². The number of nitrogens with two attached hydrogens (primary N) is 2. The van der Waals surface area contributed by atoms with Gasteiger partial charge in [-0.2, -0.15) is 0 Å². The Balaban J connectivity index is 2.38. The van der Waals surface area contributed by atoms with Crippen LogP contribution in [-0.4, -0.2) is 11.8 Å². The van der Waals surface area contributed by atoms with E-state index < -0.39 is 5.41 Å². The molecule has 84 valence electrons. The minimum atomic E-state index is -0.607. The Labute approximate surface area is 89.4 Å². The average Bonchev–Trinajstić information content (AvgIpc) is 2.60. The quantitative estimate of drug-likeness (QED) is 0.697. The van der Waals surface area contributed by atoms with Crippen molar-refractivity contribution in [3.63, 3.8) is 0 Å². The lowest BCUT2D eigenvalue weighted by atomic mass is 9.61. The van der Waals surface area contributed by atoms with Crippen molar-refractivity contribution in [3.8, 4) is 0 Å². The molecule has 15 heavy (non-hydrogen) atoms. The summed E-state index contributed by atoms with van der Waals surface area (Å²) < 4.78 is 0. The van der Waals surface area contributed by atoms with E-state index in [0.29, 0.717) is 5.92 Å². The second kappa shape index (κ2) is 3.51. The molecule has 4 heteroatoms. The van der Waals surface area contributed by atoms with Gasteiger partial charge in [-0.15, -0.1) is 0 Å². The van der Waals surface area contributed by atoms with Gasteiger partial charge < -0.3 is 11.5 Å². The van der Waals surface area contributed by atoms with Crippen molar-refractivity contribution in [2.24, 2.45) is 28.7 Å². The number of carbonyl (C=O) groups excluding carboxylic acids is 2. The molecule has 2 saturated carbocycles. The highest BCUT2D eigenvalue weighted by atomic mass is 16.2. The summed E-state index contributed by atoms with van der Waals surface area (Å²) in [6, 6.07) is 0. The highest BCUT2D eigenvalue weighted by Crippen LogP contribution is 2.55. The Bertz CT molecular complexity index is 303. The van der Waals surface area contributed by atoms with Crippen LogP contribution in [-0.2, 0) is 9.59 Å². The van der Waals surface area contributed by atoms with Crippen LogP contribution in [0.4, 0.5) is 0 Å². The largest absolute Gasteiger partial charge is 0.369 e. The lowest BCUT2D eigenvalue weighted by molar-refractivity contribution is -0.144. The van der Waals surface area contributed by atoms with E-state index in [0.717, 1.165) is 38.5 Å². The van der Waals surface area contributed by atoms with Crippen LogP contribution in [0.5, 0.6) is 0 Å². The molecule has 0 aromatic carbocycles. The highest BCUT2D eigenvalue weighted by molar-refractivity contribution is 5.90. The van der Waals surface area contributed by atoms with Gasteiger partial charge in [0, 0.05) is 0 Å². The molecule has 4 N–H and O–H groups in total. The fourth-order valence-corrected chi connectivity index (χ4v) is 3.68. The van der Waals surface area contributed by atoms with E-state index >= 15 is 0 Å². The molecule has 2 fully saturated rings. The van der Waals surface area contributed by atoms with E-state index in [-0.39, 0.29) is 17.7 Å². The zero-order chi connectivity index (χ0) is 11.1. The number of carbonyl (C=O) groups is 2. The molecule has 0 heterocycles. The summed E-state index contributed by atoms with van der Waals surface area (Å²) in [6.07, 6.45) is 5.51. The molecule has 3 atom stereocenters. The number of amides is 2. The third kappa shape index (κ3) is 1.34. The van der Waals surface area contributed by atoms with Crippen LogP contribution in [0.3, 0.4) is 0 Å². The first-order chi connectivity index (χ1) is 7.09. The molecule has 0 saturated heterocycles. The van der Waals surface area contributed by atoms with Crippen molar-refractivity contribution in [3.05, 3.63) is 0 Å². The van der Waals surface area contributed by atoms with Crippen molar-refractivity contribution in [1.82, 2.24) is 0 Å². The second-order valence-corrected chi connectivity index (χ2v) is 4.88. The first kappa shape index (κ1) is 10.5. The Morgan fingerprint density at radius 1 is 1.07 bits per heavy atom.